The summed E-state index contributed by atoms with van der Waals surface area (Å²) >= 11 is 0. The number of para-hydroxylation sites is 1. The highest BCUT2D eigenvalue weighted by molar-refractivity contribution is 5.83. The monoisotopic (exact) mass is 595 g/mol. The summed E-state index contributed by atoms with van der Waals surface area (Å²) in [5, 5.41) is 14.0. The smallest absolute Gasteiger partial charge is 0.226 e. The zero-order valence-electron chi connectivity index (χ0n) is 25.5. The summed E-state index contributed by atoms with van der Waals surface area (Å²) in [5.41, 5.74) is 9.09. The number of carbonyl (C=O) groups is 1. The van der Waals surface area contributed by atoms with Gasteiger partial charge < -0.3 is 15.3 Å². The largest absolute Gasteiger partial charge is 0.361 e. The average Bonchev–Trinajstić information content (AvgIpc) is 3.81. The molecule has 2 aromatic carbocycles. The van der Waals surface area contributed by atoms with Gasteiger partial charge >= 0.3 is 0 Å². The quantitative estimate of drug-likeness (QED) is 0.161. The fraction of sp³-hybridized carbons (Fsp3) is 0.243. The number of benzene rings is 2. The van der Waals surface area contributed by atoms with E-state index in [-0.39, 0.29) is 12.3 Å². The third kappa shape index (κ3) is 6.09. The molecule has 0 saturated carbocycles. The van der Waals surface area contributed by atoms with Crippen LogP contribution < -0.4 is 5.32 Å². The number of aromatic amines is 2. The van der Waals surface area contributed by atoms with Crippen LogP contribution in [-0.2, 0) is 43.3 Å². The van der Waals surface area contributed by atoms with E-state index in [9.17, 15) is 4.79 Å². The molecule has 0 bridgehead atoms. The molecule has 6 aromatic rings. The van der Waals surface area contributed by atoms with Gasteiger partial charge in [-0.25, -0.2) is 0 Å². The van der Waals surface area contributed by atoms with Crippen molar-refractivity contribution in [1.29, 1.82) is 0 Å². The summed E-state index contributed by atoms with van der Waals surface area (Å²) < 4.78 is 2.15. The zero-order chi connectivity index (χ0) is 30.6. The Labute approximate surface area is 262 Å². The molecule has 226 valence electrons. The predicted octanol–water partition coefficient (Wildman–Crippen LogP) is 6.42. The highest BCUT2D eigenvalue weighted by atomic mass is 16.1. The molecule has 45 heavy (non-hydrogen) atoms. The van der Waals surface area contributed by atoms with E-state index < -0.39 is 6.04 Å². The maximum atomic E-state index is 13.5. The molecule has 0 fully saturated rings. The molecule has 1 aliphatic rings. The minimum atomic E-state index is -0.419. The number of amides is 1. The number of fused-ring (bicyclic) bond motifs is 2. The average molecular weight is 596 g/mol. The number of nitrogens with zero attached hydrogens (tertiary/aromatic N) is 4. The van der Waals surface area contributed by atoms with Crippen LogP contribution >= 0.6 is 0 Å². The van der Waals surface area contributed by atoms with Crippen molar-refractivity contribution in [3.8, 4) is 5.69 Å². The van der Waals surface area contributed by atoms with Crippen LogP contribution in [0.3, 0.4) is 0 Å². The molecule has 4 aromatic heterocycles. The number of rotatable bonds is 11. The van der Waals surface area contributed by atoms with Gasteiger partial charge in [0.1, 0.15) is 5.82 Å². The molecule has 0 unspecified atom stereocenters. The fourth-order valence-corrected chi connectivity index (χ4v) is 6.37. The van der Waals surface area contributed by atoms with E-state index in [2.05, 4.69) is 86.5 Å². The molecular weight excluding hydrogens is 558 g/mol. The van der Waals surface area contributed by atoms with Crippen LogP contribution in [0.5, 0.6) is 0 Å². The molecule has 3 N–H and O–H groups in total. The van der Waals surface area contributed by atoms with Gasteiger partial charge in [-0.05, 0) is 84.3 Å². The first-order valence-corrected chi connectivity index (χ1v) is 15.8. The summed E-state index contributed by atoms with van der Waals surface area (Å²) in [6.45, 7) is 2.16. The Hall–Kier alpha value is -5.24. The number of hydrogen-bond donors (Lipinski definition) is 3. The van der Waals surface area contributed by atoms with Crippen LogP contribution in [0.2, 0.25) is 0 Å². The molecule has 4 heterocycles. The van der Waals surface area contributed by atoms with E-state index in [4.69, 9.17) is 10.2 Å². The fourth-order valence-electron chi connectivity index (χ4n) is 6.37. The first kappa shape index (κ1) is 28.5. The molecule has 8 nitrogen and oxygen atoms in total. The molecular formula is C37H37N7O. The summed E-state index contributed by atoms with van der Waals surface area (Å²) in [4.78, 5) is 24.7. The highest BCUT2D eigenvalue weighted by Crippen LogP contribution is 2.28. The maximum Gasteiger partial charge on any atom is 0.226 e. The second-order valence-corrected chi connectivity index (χ2v) is 11.7. The van der Waals surface area contributed by atoms with E-state index in [0.717, 1.165) is 65.8 Å². The van der Waals surface area contributed by atoms with Gasteiger partial charge in [-0.2, -0.15) is 0 Å². The first-order valence-electron chi connectivity index (χ1n) is 15.8. The van der Waals surface area contributed by atoms with Gasteiger partial charge in [0.15, 0.2) is 5.82 Å². The lowest BCUT2D eigenvalue weighted by molar-refractivity contribution is -0.121. The van der Waals surface area contributed by atoms with Crippen molar-refractivity contribution in [2.24, 2.45) is 0 Å². The van der Waals surface area contributed by atoms with E-state index in [0.29, 0.717) is 12.2 Å². The molecule has 1 atom stereocenters. The number of hydrogen-bond acceptors (Lipinski definition) is 4. The number of allylic oxidation sites excluding steroid dienone is 1. The number of pyridine rings is 1. The molecule has 0 saturated heterocycles. The van der Waals surface area contributed by atoms with Crippen molar-refractivity contribution in [2.75, 3.05) is 0 Å². The van der Waals surface area contributed by atoms with Crippen molar-refractivity contribution in [1.82, 2.24) is 35.0 Å². The normalized spacial score (nSPS) is 13.2. The third-order valence-corrected chi connectivity index (χ3v) is 8.75. The highest BCUT2D eigenvalue weighted by Gasteiger charge is 2.26. The van der Waals surface area contributed by atoms with Gasteiger partial charge in [0.25, 0.3) is 0 Å². The number of nitrogens with one attached hydrogen (secondary N) is 3. The van der Waals surface area contributed by atoms with Gasteiger partial charge in [0.05, 0.1) is 12.5 Å². The molecule has 0 aliphatic heterocycles. The van der Waals surface area contributed by atoms with E-state index in [1.165, 1.54) is 22.4 Å². The predicted molar refractivity (Wildman–Crippen MR) is 177 cm³/mol. The van der Waals surface area contributed by atoms with Crippen LogP contribution in [-0.4, -0.2) is 35.6 Å². The van der Waals surface area contributed by atoms with Crippen molar-refractivity contribution in [2.45, 2.75) is 57.9 Å². The van der Waals surface area contributed by atoms with Gasteiger partial charge in [-0.1, -0.05) is 49.4 Å². The van der Waals surface area contributed by atoms with Crippen LogP contribution in [0.4, 0.5) is 0 Å². The number of aryl methyl sites for hydroxylation is 3. The standard InChI is InChI=1S/C37H37N7O/c1-2-25-14-17-29(18-15-25)44-35(19-16-26-23-39-32-12-5-3-10-30(26)32)42-43-37(44)34(41-36(45)22-28-9-7-8-20-38-28)21-27-24-40-33-13-6-4-11-31(27)33/h4-9,11-15,17-18,20,23-24,34,39-40H,2-3,10,16,19,21-22H2,1H3,(H,41,45)/t34-/m1/s1. The van der Waals surface area contributed by atoms with Crippen molar-refractivity contribution in [3.05, 3.63) is 137 Å². The van der Waals surface area contributed by atoms with Gasteiger partial charge in [0.2, 0.25) is 5.91 Å². The number of H-pyrrole nitrogens is 2. The first-order chi connectivity index (χ1) is 22.2. The minimum absolute atomic E-state index is 0.108. The SMILES string of the molecule is CCc1ccc(-n2c(CCc3c[nH]c4c3CCC=C4)nnc2[C@@H](Cc2c[nH]c3ccccc23)NC(=O)Cc2ccccn2)cc1. The Bertz CT molecular complexity index is 1950. The Kier molecular flexibility index (Phi) is 8.10. The lowest BCUT2D eigenvalue weighted by Crippen LogP contribution is -2.33. The Morgan fingerprint density at radius 2 is 1.80 bits per heavy atom. The van der Waals surface area contributed by atoms with Crippen LogP contribution in [0, 0.1) is 0 Å². The molecule has 8 heteroatoms. The topological polar surface area (TPSA) is 104 Å². The van der Waals surface area contributed by atoms with E-state index >= 15 is 0 Å². The summed E-state index contributed by atoms with van der Waals surface area (Å²) in [6.07, 6.45) is 15.7. The minimum Gasteiger partial charge on any atom is -0.361 e. The molecule has 7 rings (SSSR count). The second kappa shape index (κ2) is 12.8. The molecule has 0 radical (unpaired) electrons. The molecule has 1 amide bonds. The second-order valence-electron chi connectivity index (χ2n) is 11.7. The summed E-state index contributed by atoms with van der Waals surface area (Å²) in [5.74, 6) is 1.48. The lowest BCUT2D eigenvalue weighted by Gasteiger charge is -2.20. The van der Waals surface area contributed by atoms with Gasteiger partial charge in [0, 0.05) is 59.4 Å². The van der Waals surface area contributed by atoms with E-state index in [1.807, 2.05) is 36.5 Å². The molecule has 1 aliphatic carbocycles. The van der Waals surface area contributed by atoms with Crippen LogP contribution in [0.1, 0.15) is 64.7 Å². The van der Waals surface area contributed by atoms with Crippen molar-refractivity contribution in [3.63, 3.8) is 0 Å². The van der Waals surface area contributed by atoms with Crippen molar-refractivity contribution < 1.29 is 4.79 Å². The summed E-state index contributed by atoms with van der Waals surface area (Å²) in [6, 6.07) is 22.0. The van der Waals surface area contributed by atoms with E-state index in [1.54, 1.807) is 6.20 Å². The summed E-state index contributed by atoms with van der Waals surface area (Å²) in [7, 11) is 0. The molecule has 0 spiro atoms. The van der Waals surface area contributed by atoms with Crippen LogP contribution in [0.25, 0.3) is 22.7 Å². The number of carbonyl (C=O) groups excluding carboxylic acids is 1. The third-order valence-electron chi connectivity index (χ3n) is 8.75. The maximum absolute atomic E-state index is 13.5. The van der Waals surface area contributed by atoms with Crippen LogP contribution in [0.15, 0.2) is 91.4 Å². The van der Waals surface area contributed by atoms with Gasteiger partial charge in [-0.3, -0.25) is 14.3 Å². The zero-order valence-corrected chi connectivity index (χ0v) is 25.5. The Balaban J connectivity index is 1.26. The van der Waals surface area contributed by atoms with Crippen molar-refractivity contribution >= 4 is 22.9 Å². The Morgan fingerprint density at radius 1 is 0.956 bits per heavy atom. The Morgan fingerprint density at radius 3 is 2.64 bits per heavy atom. The number of aromatic nitrogens is 6. The van der Waals surface area contributed by atoms with Gasteiger partial charge in [-0.15, -0.1) is 10.2 Å². The lowest BCUT2D eigenvalue weighted by atomic mass is 9.98.